The SMILES string of the molecule is CCN(CC)C(=O)c1ccc(S(=O)(=O)NCCNC)cc1. The van der Waals surface area contributed by atoms with Gasteiger partial charge in [0, 0.05) is 31.7 Å². The molecule has 0 atom stereocenters. The number of nitrogens with one attached hydrogen (secondary N) is 2. The van der Waals surface area contributed by atoms with Crippen molar-refractivity contribution in [2.75, 3.05) is 33.2 Å². The molecule has 0 radical (unpaired) electrons. The van der Waals surface area contributed by atoms with Gasteiger partial charge in [-0.05, 0) is 45.2 Å². The molecule has 21 heavy (non-hydrogen) atoms. The Kier molecular flexibility index (Phi) is 6.80. The van der Waals surface area contributed by atoms with Gasteiger partial charge in [0.1, 0.15) is 0 Å². The Hall–Kier alpha value is -1.44. The van der Waals surface area contributed by atoms with Crippen molar-refractivity contribution < 1.29 is 13.2 Å². The summed E-state index contributed by atoms with van der Waals surface area (Å²) in [6.07, 6.45) is 0. The zero-order valence-electron chi connectivity index (χ0n) is 12.7. The van der Waals surface area contributed by atoms with Crippen LogP contribution < -0.4 is 10.0 Å². The molecule has 2 N–H and O–H groups in total. The van der Waals surface area contributed by atoms with Crippen LogP contribution in [0.5, 0.6) is 0 Å². The molecule has 0 aliphatic carbocycles. The highest BCUT2D eigenvalue weighted by Crippen LogP contribution is 2.12. The zero-order chi connectivity index (χ0) is 15.9. The second-order valence-corrected chi connectivity index (χ2v) is 6.27. The molecule has 0 heterocycles. The maximum absolute atomic E-state index is 12.1. The number of carbonyl (C=O) groups excluding carboxylic acids is 1. The minimum absolute atomic E-state index is 0.0907. The van der Waals surface area contributed by atoms with Crippen molar-refractivity contribution in [2.45, 2.75) is 18.7 Å². The molecule has 0 spiro atoms. The third-order valence-corrected chi connectivity index (χ3v) is 4.61. The highest BCUT2D eigenvalue weighted by molar-refractivity contribution is 7.89. The van der Waals surface area contributed by atoms with Gasteiger partial charge in [-0.15, -0.1) is 0 Å². The summed E-state index contributed by atoms with van der Waals surface area (Å²) in [6.45, 7) is 5.94. The van der Waals surface area contributed by atoms with Crippen molar-refractivity contribution in [2.24, 2.45) is 0 Å². The van der Waals surface area contributed by atoms with Crippen molar-refractivity contribution in [3.05, 3.63) is 29.8 Å². The first-order valence-electron chi connectivity index (χ1n) is 6.99. The summed E-state index contributed by atoms with van der Waals surface area (Å²) in [6, 6.07) is 6.01. The highest BCUT2D eigenvalue weighted by Gasteiger charge is 2.16. The molecule has 0 aliphatic heterocycles. The average Bonchev–Trinajstić information content (AvgIpc) is 2.48. The first-order valence-corrected chi connectivity index (χ1v) is 8.48. The summed E-state index contributed by atoms with van der Waals surface area (Å²) in [7, 11) is -1.77. The Morgan fingerprint density at radius 1 is 1.10 bits per heavy atom. The summed E-state index contributed by atoms with van der Waals surface area (Å²) < 4.78 is 26.5. The molecule has 0 fully saturated rings. The van der Waals surface area contributed by atoms with Gasteiger partial charge in [-0.2, -0.15) is 0 Å². The number of amides is 1. The lowest BCUT2D eigenvalue weighted by Gasteiger charge is -2.18. The normalized spacial score (nSPS) is 11.4. The van der Waals surface area contributed by atoms with E-state index in [4.69, 9.17) is 0 Å². The number of sulfonamides is 1. The molecule has 0 unspecified atom stereocenters. The molecule has 1 aromatic rings. The van der Waals surface area contributed by atoms with E-state index >= 15 is 0 Å². The minimum Gasteiger partial charge on any atom is -0.339 e. The lowest BCUT2D eigenvalue weighted by molar-refractivity contribution is 0.0773. The molecule has 7 heteroatoms. The van der Waals surface area contributed by atoms with E-state index in [9.17, 15) is 13.2 Å². The maximum atomic E-state index is 12.1. The van der Waals surface area contributed by atoms with Crippen LogP contribution in [0.1, 0.15) is 24.2 Å². The first kappa shape index (κ1) is 17.6. The summed E-state index contributed by atoms with van der Waals surface area (Å²) in [4.78, 5) is 14.0. The molecule has 1 aromatic carbocycles. The number of likely N-dealkylation sites (N-methyl/N-ethyl adjacent to an activating group) is 1. The van der Waals surface area contributed by atoms with Gasteiger partial charge in [0.25, 0.3) is 5.91 Å². The van der Waals surface area contributed by atoms with Crippen LogP contribution >= 0.6 is 0 Å². The van der Waals surface area contributed by atoms with Gasteiger partial charge in [-0.25, -0.2) is 13.1 Å². The number of hydrogen-bond donors (Lipinski definition) is 2. The second kappa shape index (κ2) is 8.11. The second-order valence-electron chi connectivity index (χ2n) is 4.50. The maximum Gasteiger partial charge on any atom is 0.253 e. The Morgan fingerprint density at radius 3 is 2.14 bits per heavy atom. The average molecular weight is 313 g/mol. The summed E-state index contributed by atoms with van der Waals surface area (Å²) >= 11 is 0. The summed E-state index contributed by atoms with van der Waals surface area (Å²) in [5.74, 6) is -0.0907. The molecular formula is C14H23N3O3S. The fraction of sp³-hybridized carbons (Fsp3) is 0.500. The summed E-state index contributed by atoms with van der Waals surface area (Å²) in [5.41, 5.74) is 0.493. The van der Waals surface area contributed by atoms with Gasteiger partial charge in [0.15, 0.2) is 0 Å². The molecule has 1 amide bonds. The topological polar surface area (TPSA) is 78.5 Å². The third-order valence-electron chi connectivity index (χ3n) is 3.13. The van der Waals surface area contributed by atoms with Gasteiger partial charge in [-0.1, -0.05) is 0 Å². The fourth-order valence-corrected chi connectivity index (χ4v) is 2.90. The largest absolute Gasteiger partial charge is 0.339 e. The predicted molar refractivity (Wildman–Crippen MR) is 82.8 cm³/mol. The fourth-order valence-electron chi connectivity index (χ4n) is 1.86. The first-order chi connectivity index (χ1) is 9.96. The quantitative estimate of drug-likeness (QED) is 0.691. The van der Waals surface area contributed by atoms with E-state index in [1.807, 2.05) is 13.8 Å². The minimum atomic E-state index is -3.52. The van der Waals surface area contributed by atoms with Crippen LogP contribution in [0.4, 0.5) is 0 Å². The highest BCUT2D eigenvalue weighted by atomic mass is 32.2. The Labute approximate surface area is 126 Å². The van der Waals surface area contributed by atoms with Crippen LogP contribution in [-0.2, 0) is 10.0 Å². The smallest absolute Gasteiger partial charge is 0.253 e. The number of hydrogen-bond acceptors (Lipinski definition) is 4. The number of benzene rings is 1. The van der Waals surface area contributed by atoms with Crippen LogP contribution in [0.15, 0.2) is 29.2 Å². The number of carbonyl (C=O) groups is 1. The molecule has 0 aliphatic rings. The van der Waals surface area contributed by atoms with Gasteiger partial charge < -0.3 is 10.2 Å². The van der Waals surface area contributed by atoms with E-state index in [2.05, 4.69) is 10.0 Å². The monoisotopic (exact) mass is 313 g/mol. The van der Waals surface area contributed by atoms with Crippen LogP contribution in [0.25, 0.3) is 0 Å². The van der Waals surface area contributed by atoms with Gasteiger partial charge in [0.2, 0.25) is 10.0 Å². The van der Waals surface area contributed by atoms with Crippen LogP contribution in [0, 0.1) is 0 Å². The molecule has 0 aromatic heterocycles. The van der Waals surface area contributed by atoms with Gasteiger partial charge in [0.05, 0.1) is 4.90 Å². The van der Waals surface area contributed by atoms with E-state index in [-0.39, 0.29) is 10.8 Å². The van der Waals surface area contributed by atoms with Crippen molar-refractivity contribution in [3.8, 4) is 0 Å². The lowest BCUT2D eigenvalue weighted by atomic mass is 10.2. The zero-order valence-corrected chi connectivity index (χ0v) is 13.5. The molecule has 1 rings (SSSR count). The molecule has 118 valence electrons. The van der Waals surface area contributed by atoms with Crippen LogP contribution in [0.3, 0.4) is 0 Å². The Balaban J connectivity index is 2.84. The van der Waals surface area contributed by atoms with Gasteiger partial charge in [-0.3, -0.25) is 4.79 Å². The molecule has 0 saturated carbocycles. The lowest BCUT2D eigenvalue weighted by Crippen LogP contribution is -2.31. The van der Waals surface area contributed by atoms with E-state index in [1.165, 1.54) is 12.1 Å². The third kappa shape index (κ3) is 4.80. The van der Waals surface area contributed by atoms with E-state index < -0.39 is 10.0 Å². The molecule has 6 nitrogen and oxygen atoms in total. The molecular weight excluding hydrogens is 290 g/mol. The van der Waals surface area contributed by atoms with Crippen molar-refractivity contribution in [1.29, 1.82) is 0 Å². The molecule has 0 bridgehead atoms. The number of nitrogens with zero attached hydrogens (tertiary/aromatic N) is 1. The molecule has 0 saturated heterocycles. The Morgan fingerprint density at radius 2 is 1.67 bits per heavy atom. The van der Waals surface area contributed by atoms with Gasteiger partial charge >= 0.3 is 0 Å². The van der Waals surface area contributed by atoms with Crippen LogP contribution in [-0.4, -0.2) is 52.5 Å². The van der Waals surface area contributed by atoms with Crippen molar-refractivity contribution in [3.63, 3.8) is 0 Å². The van der Waals surface area contributed by atoms with Crippen molar-refractivity contribution >= 4 is 15.9 Å². The standard InChI is InChI=1S/C14H23N3O3S/c1-4-17(5-2)14(18)12-6-8-13(9-7-12)21(19,20)16-11-10-15-3/h6-9,15-16H,4-5,10-11H2,1-3H3. The Bertz CT molecular complexity index is 551. The predicted octanol–water partition coefficient (Wildman–Crippen LogP) is 0.666. The van der Waals surface area contributed by atoms with E-state index in [1.54, 1.807) is 24.1 Å². The van der Waals surface area contributed by atoms with E-state index in [0.29, 0.717) is 31.7 Å². The number of rotatable bonds is 8. The van der Waals surface area contributed by atoms with E-state index in [0.717, 1.165) is 0 Å². The van der Waals surface area contributed by atoms with Crippen LogP contribution in [0.2, 0.25) is 0 Å². The van der Waals surface area contributed by atoms with Crippen molar-refractivity contribution in [1.82, 2.24) is 14.9 Å². The summed E-state index contributed by atoms with van der Waals surface area (Å²) in [5, 5.41) is 2.86.